The maximum atomic E-state index is 9.37. The highest BCUT2D eigenvalue weighted by Gasteiger charge is 2.17. The number of benzene rings is 1. The van der Waals surface area contributed by atoms with Crippen molar-refractivity contribution in [2.24, 2.45) is 0 Å². The molecule has 0 fully saturated rings. The van der Waals surface area contributed by atoms with Gasteiger partial charge in [-0.3, -0.25) is 4.68 Å². The summed E-state index contributed by atoms with van der Waals surface area (Å²) in [6, 6.07) is 10.0. The molecular formula is C17H18N6. The molecule has 3 rings (SSSR count). The van der Waals surface area contributed by atoms with Crippen molar-refractivity contribution in [2.75, 3.05) is 5.32 Å². The Balaban J connectivity index is 2.18. The summed E-state index contributed by atoms with van der Waals surface area (Å²) < 4.78 is 1.97. The highest BCUT2D eigenvalue weighted by molar-refractivity contribution is 5.95. The Labute approximate surface area is 134 Å². The van der Waals surface area contributed by atoms with E-state index in [0.717, 1.165) is 28.0 Å². The molecule has 1 N–H and O–H groups in total. The molecule has 6 heteroatoms. The van der Waals surface area contributed by atoms with E-state index in [0.29, 0.717) is 5.69 Å². The molecule has 3 aromatic rings. The third-order valence-electron chi connectivity index (χ3n) is 3.84. The minimum Gasteiger partial charge on any atom is -0.350 e. The van der Waals surface area contributed by atoms with Crippen molar-refractivity contribution < 1.29 is 0 Å². The fourth-order valence-corrected chi connectivity index (χ4v) is 2.73. The van der Waals surface area contributed by atoms with Crippen LogP contribution >= 0.6 is 0 Å². The largest absolute Gasteiger partial charge is 0.350 e. The first-order valence-corrected chi connectivity index (χ1v) is 7.51. The van der Waals surface area contributed by atoms with Gasteiger partial charge in [-0.05, 0) is 33.8 Å². The molecule has 0 atom stereocenters. The molecular weight excluding hydrogens is 288 g/mol. The van der Waals surface area contributed by atoms with Crippen LogP contribution in [0.1, 0.15) is 37.0 Å². The zero-order valence-electron chi connectivity index (χ0n) is 13.6. The van der Waals surface area contributed by atoms with Gasteiger partial charge in [-0.25, -0.2) is 0 Å². The standard InChI is InChI=1S/C17H18N6/c1-10(2)23-12(4)16(11(3)22-23)19-17-13-7-5-6-8-14(13)20-21-15(17)9-18/h5-8,10H,1-4H3,(H,19,20). The lowest BCUT2D eigenvalue weighted by Gasteiger charge is -2.12. The summed E-state index contributed by atoms with van der Waals surface area (Å²) in [6.45, 7) is 8.16. The Morgan fingerprint density at radius 2 is 1.87 bits per heavy atom. The highest BCUT2D eigenvalue weighted by atomic mass is 15.3. The average molecular weight is 306 g/mol. The minimum absolute atomic E-state index is 0.270. The van der Waals surface area contributed by atoms with Gasteiger partial charge in [-0.1, -0.05) is 18.2 Å². The molecule has 116 valence electrons. The quantitative estimate of drug-likeness (QED) is 0.799. The van der Waals surface area contributed by atoms with Gasteiger partial charge in [-0.15, -0.1) is 10.2 Å². The van der Waals surface area contributed by atoms with Crippen molar-refractivity contribution in [3.05, 3.63) is 41.3 Å². The second kappa shape index (κ2) is 5.69. The third kappa shape index (κ3) is 2.50. The van der Waals surface area contributed by atoms with Crippen LogP contribution in [0.3, 0.4) is 0 Å². The normalized spacial score (nSPS) is 11.0. The number of fused-ring (bicyclic) bond motifs is 1. The summed E-state index contributed by atoms with van der Waals surface area (Å²) in [5.41, 5.74) is 4.53. The number of hydrogen-bond acceptors (Lipinski definition) is 5. The van der Waals surface area contributed by atoms with Gasteiger partial charge in [0.2, 0.25) is 0 Å². The van der Waals surface area contributed by atoms with Crippen molar-refractivity contribution in [1.29, 1.82) is 5.26 Å². The number of nitrogens with one attached hydrogen (secondary N) is 1. The van der Waals surface area contributed by atoms with E-state index in [1.807, 2.05) is 42.8 Å². The maximum Gasteiger partial charge on any atom is 0.187 e. The predicted molar refractivity (Wildman–Crippen MR) is 89.6 cm³/mol. The molecule has 1 aromatic carbocycles. The number of hydrogen-bond donors (Lipinski definition) is 1. The fraction of sp³-hybridized carbons (Fsp3) is 0.294. The van der Waals surface area contributed by atoms with Gasteiger partial charge in [0.25, 0.3) is 0 Å². The first kappa shape index (κ1) is 15.0. The lowest BCUT2D eigenvalue weighted by molar-refractivity contribution is 0.516. The number of nitriles is 1. The van der Waals surface area contributed by atoms with Gasteiger partial charge in [0, 0.05) is 11.4 Å². The second-order valence-electron chi connectivity index (χ2n) is 5.76. The van der Waals surface area contributed by atoms with Gasteiger partial charge in [0.1, 0.15) is 6.07 Å². The topological polar surface area (TPSA) is 79.4 Å². The molecule has 0 unspecified atom stereocenters. The SMILES string of the molecule is Cc1nn(C(C)C)c(C)c1Nc1c(C#N)nnc2ccccc12. The average Bonchev–Trinajstić information content (AvgIpc) is 2.83. The Hall–Kier alpha value is -2.94. The Morgan fingerprint density at radius 1 is 1.13 bits per heavy atom. The van der Waals surface area contributed by atoms with Crippen LogP contribution in [-0.4, -0.2) is 20.0 Å². The summed E-state index contributed by atoms with van der Waals surface area (Å²) in [4.78, 5) is 0. The van der Waals surface area contributed by atoms with Crippen molar-refractivity contribution >= 4 is 22.3 Å². The summed E-state index contributed by atoms with van der Waals surface area (Å²) in [6.07, 6.45) is 0. The van der Waals surface area contributed by atoms with Crippen LogP contribution < -0.4 is 5.32 Å². The van der Waals surface area contributed by atoms with Crippen molar-refractivity contribution in [3.8, 4) is 6.07 Å². The van der Waals surface area contributed by atoms with Gasteiger partial charge < -0.3 is 5.32 Å². The van der Waals surface area contributed by atoms with Crippen LogP contribution in [0, 0.1) is 25.2 Å². The summed E-state index contributed by atoms with van der Waals surface area (Å²) in [5.74, 6) is 0. The van der Waals surface area contributed by atoms with Crippen molar-refractivity contribution in [2.45, 2.75) is 33.7 Å². The van der Waals surface area contributed by atoms with Crippen molar-refractivity contribution in [3.63, 3.8) is 0 Å². The molecule has 2 heterocycles. The molecule has 0 bridgehead atoms. The van der Waals surface area contributed by atoms with E-state index in [9.17, 15) is 5.26 Å². The number of aryl methyl sites for hydroxylation is 1. The molecule has 23 heavy (non-hydrogen) atoms. The van der Waals surface area contributed by atoms with Gasteiger partial charge in [0.05, 0.1) is 28.3 Å². The molecule has 0 saturated heterocycles. The summed E-state index contributed by atoms with van der Waals surface area (Å²) in [5, 5.41) is 26.3. The monoisotopic (exact) mass is 306 g/mol. The minimum atomic E-state index is 0.270. The van der Waals surface area contributed by atoms with E-state index in [1.165, 1.54) is 0 Å². The summed E-state index contributed by atoms with van der Waals surface area (Å²) in [7, 11) is 0. The fourth-order valence-electron chi connectivity index (χ4n) is 2.73. The Bertz CT molecular complexity index is 917. The molecule has 0 spiro atoms. The molecule has 0 amide bonds. The number of nitrogens with zero attached hydrogens (tertiary/aromatic N) is 5. The number of anilines is 2. The molecule has 2 aromatic heterocycles. The predicted octanol–water partition coefficient (Wildman–Crippen LogP) is 3.64. The molecule has 0 radical (unpaired) electrons. The lowest BCUT2D eigenvalue weighted by Crippen LogP contribution is -2.05. The highest BCUT2D eigenvalue weighted by Crippen LogP contribution is 2.31. The van der Waals surface area contributed by atoms with Crippen LogP contribution in [0.15, 0.2) is 24.3 Å². The molecule has 6 nitrogen and oxygen atoms in total. The van der Waals surface area contributed by atoms with Crippen LogP contribution in [0.25, 0.3) is 10.9 Å². The zero-order valence-corrected chi connectivity index (χ0v) is 13.6. The van der Waals surface area contributed by atoms with E-state index in [1.54, 1.807) is 0 Å². The first-order chi connectivity index (χ1) is 11.0. The van der Waals surface area contributed by atoms with E-state index in [4.69, 9.17) is 0 Å². The van der Waals surface area contributed by atoms with Crippen LogP contribution in [-0.2, 0) is 0 Å². The number of aromatic nitrogens is 4. The van der Waals surface area contributed by atoms with Gasteiger partial charge >= 0.3 is 0 Å². The number of rotatable bonds is 3. The molecule has 0 aliphatic rings. The smallest absolute Gasteiger partial charge is 0.187 e. The van der Waals surface area contributed by atoms with E-state index in [2.05, 4.69) is 40.5 Å². The lowest BCUT2D eigenvalue weighted by atomic mass is 10.1. The van der Waals surface area contributed by atoms with E-state index >= 15 is 0 Å². The van der Waals surface area contributed by atoms with Crippen molar-refractivity contribution in [1.82, 2.24) is 20.0 Å². The van der Waals surface area contributed by atoms with Gasteiger partial charge in [-0.2, -0.15) is 10.4 Å². The Kier molecular flexibility index (Phi) is 3.70. The molecule has 0 aliphatic heterocycles. The van der Waals surface area contributed by atoms with Gasteiger partial charge in [0.15, 0.2) is 5.69 Å². The summed E-state index contributed by atoms with van der Waals surface area (Å²) >= 11 is 0. The molecule has 0 aliphatic carbocycles. The molecule has 0 saturated carbocycles. The first-order valence-electron chi connectivity index (χ1n) is 7.51. The van der Waals surface area contributed by atoms with E-state index in [-0.39, 0.29) is 11.7 Å². The third-order valence-corrected chi connectivity index (χ3v) is 3.84. The maximum absolute atomic E-state index is 9.37. The Morgan fingerprint density at radius 3 is 2.52 bits per heavy atom. The van der Waals surface area contributed by atoms with E-state index < -0.39 is 0 Å². The van der Waals surface area contributed by atoms with Crippen LogP contribution in [0.2, 0.25) is 0 Å². The van der Waals surface area contributed by atoms with Crippen LogP contribution in [0.4, 0.5) is 11.4 Å². The zero-order chi connectivity index (χ0) is 16.6. The second-order valence-corrected chi connectivity index (χ2v) is 5.76. The van der Waals surface area contributed by atoms with Crippen LogP contribution in [0.5, 0.6) is 0 Å².